The van der Waals surface area contributed by atoms with Crippen LogP contribution in [-0.2, 0) is 0 Å². The van der Waals surface area contributed by atoms with Gasteiger partial charge in [0.25, 0.3) is 0 Å². The molecule has 0 fully saturated rings. The maximum atomic E-state index is 4.38. The van der Waals surface area contributed by atoms with Crippen molar-refractivity contribution in [1.82, 2.24) is 5.32 Å². The van der Waals surface area contributed by atoms with E-state index in [1.807, 2.05) is 25.1 Å². The smallest absolute Gasteiger partial charge is 0.161 e. The Bertz CT molecular complexity index is 283. The van der Waals surface area contributed by atoms with Crippen LogP contribution in [0.25, 0.3) is 0 Å². The summed E-state index contributed by atoms with van der Waals surface area (Å²) < 4.78 is 0. The molecule has 1 rings (SSSR count). The lowest BCUT2D eigenvalue weighted by molar-refractivity contribution is 0.965. The van der Waals surface area contributed by atoms with Crippen LogP contribution in [0, 0.1) is 0 Å². The van der Waals surface area contributed by atoms with Gasteiger partial charge in [0.15, 0.2) is 5.17 Å². The first kappa shape index (κ1) is 11.1. The van der Waals surface area contributed by atoms with Crippen LogP contribution in [0.4, 0.5) is 0 Å². The largest absolute Gasteiger partial charge is 0.365 e. The molecule has 0 aliphatic heterocycles. The maximum Gasteiger partial charge on any atom is 0.161 e. The molecule has 1 aromatic rings. The summed E-state index contributed by atoms with van der Waals surface area (Å²) in [6.07, 6.45) is 0. The molecule has 0 saturated heterocycles. The van der Waals surface area contributed by atoms with E-state index < -0.39 is 0 Å². The molecule has 0 saturated carbocycles. The van der Waals surface area contributed by atoms with E-state index in [2.05, 4.69) is 29.4 Å². The summed E-state index contributed by atoms with van der Waals surface area (Å²) in [6, 6.07) is 10.3. The van der Waals surface area contributed by atoms with Gasteiger partial charge in [-0.25, -0.2) is 0 Å². The Kier molecular flexibility index (Phi) is 5.15. The van der Waals surface area contributed by atoms with Gasteiger partial charge in [0.1, 0.15) is 0 Å². The number of hydrogen-bond donors (Lipinski definition) is 1. The predicted molar refractivity (Wildman–Crippen MR) is 64.0 cm³/mol. The molecule has 0 unspecified atom stereocenters. The molecule has 0 aromatic heterocycles. The number of rotatable bonds is 3. The average molecular weight is 208 g/mol. The Labute approximate surface area is 89.8 Å². The Balaban J connectivity index is 2.60. The van der Waals surface area contributed by atoms with Crippen LogP contribution < -0.4 is 5.32 Å². The molecule has 0 amide bonds. The Morgan fingerprint density at radius 3 is 2.57 bits per heavy atom. The SMILES string of the molecule is CCN=C(NCC)Sc1ccccc1. The molecule has 76 valence electrons. The number of amidine groups is 1. The van der Waals surface area contributed by atoms with E-state index in [4.69, 9.17) is 0 Å². The van der Waals surface area contributed by atoms with Gasteiger partial charge in [0.05, 0.1) is 0 Å². The van der Waals surface area contributed by atoms with Crippen molar-refractivity contribution in [2.75, 3.05) is 13.1 Å². The van der Waals surface area contributed by atoms with Crippen molar-refractivity contribution >= 4 is 16.9 Å². The summed E-state index contributed by atoms with van der Waals surface area (Å²) in [4.78, 5) is 5.60. The van der Waals surface area contributed by atoms with Gasteiger partial charge in [-0.15, -0.1) is 0 Å². The van der Waals surface area contributed by atoms with Gasteiger partial charge in [0.2, 0.25) is 0 Å². The van der Waals surface area contributed by atoms with E-state index in [1.165, 1.54) is 4.90 Å². The second-order valence-electron chi connectivity index (χ2n) is 2.72. The molecule has 14 heavy (non-hydrogen) atoms. The van der Waals surface area contributed by atoms with Crippen LogP contribution in [0.1, 0.15) is 13.8 Å². The predicted octanol–water partition coefficient (Wildman–Crippen LogP) is 2.76. The second kappa shape index (κ2) is 6.49. The highest BCUT2D eigenvalue weighted by atomic mass is 32.2. The van der Waals surface area contributed by atoms with E-state index in [0.717, 1.165) is 18.3 Å². The van der Waals surface area contributed by atoms with Gasteiger partial charge in [-0.1, -0.05) is 30.0 Å². The highest BCUT2D eigenvalue weighted by Crippen LogP contribution is 2.17. The standard InChI is InChI=1S/C11H16N2S/c1-3-12-11(13-4-2)14-10-8-6-5-7-9-10/h5-9H,3-4H2,1-2H3,(H,12,13). The fourth-order valence-electron chi connectivity index (χ4n) is 1.02. The van der Waals surface area contributed by atoms with Crippen LogP contribution in [0.5, 0.6) is 0 Å². The topological polar surface area (TPSA) is 24.4 Å². The highest BCUT2D eigenvalue weighted by molar-refractivity contribution is 8.13. The van der Waals surface area contributed by atoms with Crippen molar-refractivity contribution in [3.63, 3.8) is 0 Å². The van der Waals surface area contributed by atoms with Crippen LogP contribution in [0.15, 0.2) is 40.2 Å². The maximum absolute atomic E-state index is 4.38. The third kappa shape index (κ3) is 3.83. The fourth-order valence-corrected chi connectivity index (χ4v) is 1.95. The minimum absolute atomic E-state index is 0.822. The monoisotopic (exact) mass is 208 g/mol. The lowest BCUT2D eigenvalue weighted by Crippen LogP contribution is -2.19. The number of aliphatic imine (C=N–C) groups is 1. The molecule has 0 aliphatic carbocycles. The third-order valence-corrected chi connectivity index (χ3v) is 2.56. The molecule has 0 heterocycles. The molecular formula is C11H16N2S. The molecule has 2 nitrogen and oxygen atoms in total. The zero-order valence-corrected chi connectivity index (χ0v) is 9.47. The summed E-state index contributed by atoms with van der Waals surface area (Å²) in [6.45, 7) is 5.86. The molecule has 0 spiro atoms. The number of nitrogens with one attached hydrogen (secondary N) is 1. The quantitative estimate of drug-likeness (QED) is 0.469. The Hall–Kier alpha value is -0.960. The number of hydrogen-bond acceptors (Lipinski definition) is 2. The summed E-state index contributed by atoms with van der Waals surface area (Å²) >= 11 is 1.68. The molecule has 1 N–H and O–H groups in total. The Morgan fingerprint density at radius 2 is 2.00 bits per heavy atom. The van der Waals surface area contributed by atoms with Crippen LogP contribution in [0.2, 0.25) is 0 Å². The summed E-state index contributed by atoms with van der Waals surface area (Å²) in [5, 5.41) is 4.25. The summed E-state index contributed by atoms with van der Waals surface area (Å²) in [7, 11) is 0. The van der Waals surface area contributed by atoms with Gasteiger partial charge in [-0.2, -0.15) is 0 Å². The van der Waals surface area contributed by atoms with Crippen molar-refractivity contribution in [3.05, 3.63) is 30.3 Å². The van der Waals surface area contributed by atoms with E-state index in [-0.39, 0.29) is 0 Å². The molecule has 0 atom stereocenters. The van der Waals surface area contributed by atoms with Gasteiger partial charge in [-0.05, 0) is 26.0 Å². The average Bonchev–Trinajstić information content (AvgIpc) is 2.20. The summed E-state index contributed by atoms with van der Waals surface area (Å²) in [5.41, 5.74) is 0. The first-order chi connectivity index (χ1) is 6.86. The first-order valence-electron chi connectivity index (χ1n) is 4.88. The second-order valence-corrected chi connectivity index (χ2v) is 3.79. The van der Waals surface area contributed by atoms with Crippen molar-refractivity contribution in [3.8, 4) is 0 Å². The number of nitrogens with zero attached hydrogens (tertiary/aromatic N) is 1. The molecule has 0 bridgehead atoms. The molecule has 0 radical (unpaired) electrons. The molecular weight excluding hydrogens is 192 g/mol. The van der Waals surface area contributed by atoms with Crippen LogP contribution in [-0.4, -0.2) is 18.3 Å². The zero-order valence-electron chi connectivity index (χ0n) is 8.66. The van der Waals surface area contributed by atoms with Crippen LogP contribution >= 0.6 is 11.8 Å². The highest BCUT2D eigenvalue weighted by Gasteiger charge is 1.99. The fraction of sp³-hybridized carbons (Fsp3) is 0.364. The van der Waals surface area contributed by atoms with Crippen LogP contribution in [0.3, 0.4) is 0 Å². The lowest BCUT2D eigenvalue weighted by Gasteiger charge is -2.06. The normalized spacial score (nSPS) is 11.4. The molecule has 3 heteroatoms. The van der Waals surface area contributed by atoms with E-state index in [1.54, 1.807) is 11.8 Å². The lowest BCUT2D eigenvalue weighted by atomic mass is 10.4. The minimum Gasteiger partial charge on any atom is -0.365 e. The van der Waals surface area contributed by atoms with E-state index >= 15 is 0 Å². The van der Waals surface area contributed by atoms with Crippen molar-refractivity contribution < 1.29 is 0 Å². The van der Waals surface area contributed by atoms with E-state index in [9.17, 15) is 0 Å². The number of thioether (sulfide) groups is 1. The van der Waals surface area contributed by atoms with Gasteiger partial charge < -0.3 is 5.32 Å². The number of benzene rings is 1. The molecule has 1 aromatic carbocycles. The van der Waals surface area contributed by atoms with Crippen molar-refractivity contribution in [2.45, 2.75) is 18.7 Å². The summed E-state index contributed by atoms with van der Waals surface area (Å²) in [5.74, 6) is 0. The van der Waals surface area contributed by atoms with Gasteiger partial charge in [-0.3, -0.25) is 4.99 Å². The first-order valence-corrected chi connectivity index (χ1v) is 5.69. The third-order valence-electron chi connectivity index (χ3n) is 1.59. The van der Waals surface area contributed by atoms with Crippen molar-refractivity contribution in [2.24, 2.45) is 4.99 Å². The van der Waals surface area contributed by atoms with Crippen molar-refractivity contribution in [1.29, 1.82) is 0 Å². The molecule has 0 aliphatic rings. The zero-order chi connectivity index (χ0) is 10.2. The van der Waals surface area contributed by atoms with E-state index in [0.29, 0.717) is 0 Å². The van der Waals surface area contributed by atoms with Gasteiger partial charge >= 0.3 is 0 Å². The van der Waals surface area contributed by atoms with Gasteiger partial charge in [0, 0.05) is 18.0 Å². The Morgan fingerprint density at radius 1 is 1.29 bits per heavy atom. The minimum atomic E-state index is 0.822.